The lowest BCUT2D eigenvalue weighted by Gasteiger charge is -2.36. The van der Waals surface area contributed by atoms with Crippen LogP contribution in [0.15, 0.2) is 0 Å². The quantitative estimate of drug-likeness (QED) is 0.779. The van der Waals surface area contributed by atoms with Crippen LogP contribution in [0.4, 0.5) is 0 Å². The Morgan fingerprint density at radius 3 is 2.50 bits per heavy atom. The highest BCUT2D eigenvalue weighted by atomic mass is 16.2. The van der Waals surface area contributed by atoms with Gasteiger partial charge in [0, 0.05) is 38.1 Å². The van der Waals surface area contributed by atoms with Crippen molar-refractivity contribution in [2.45, 2.75) is 71.4 Å². The van der Waals surface area contributed by atoms with Crippen molar-refractivity contribution < 1.29 is 4.79 Å². The molecule has 1 heterocycles. The molecule has 1 fully saturated rings. The number of hydrogen-bond acceptors (Lipinski definition) is 3. The number of nitrogens with two attached hydrogens (primary N) is 1. The van der Waals surface area contributed by atoms with E-state index in [2.05, 4.69) is 11.8 Å². The standard InChI is InChI=1S/C16H33N3O/c1-4-14-10-8-7-9-11-19(14)15(13-17)12-16(20)18(5-2)6-3/h14-15H,4-13,17H2,1-3H3. The molecule has 1 aliphatic heterocycles. The summed E-state index contributed by atoms with van der Waals surface area (Å²) in [5.41, 5.74) is 5.99. The van der Waals surface area contributed by atoms with Gasteiger partial charge in [0.15, 0.2) is 0 Å². The van der Waals surface area contributed by atoms with E-state index in [9.17, 15) is 4.79 Å². The molecular weight excluding hydrogens is 250 g/mol. The van der Waals surface area contributed by atoms with E-state index in [-0.39, 0.29) is 11.9 Å². The molecule has 0 radical (unpaired) electrons. The molecule has 0 saturated carbocycles. The van der Waals surface area contributed by atoms with Crippen LogP contribution >= 0.6 is 0 Å². The van der Waals surface area contributed by atoms with Crippen LogP contribution in [0.1, 0.15) is 59.3 Å². The van der Waals surface area contributed by atoms with E-state index in [0.717, 1.165) is 26.1 Å². The van der Waals surface area contributed by atoms with Gasteiger partial charge < -0.3 is 10.6 Å². The van der Waals surface area contributed by atoms with Crippen LogP contribution < -0.4 is 5.73 Å². The molecule has 118 valence electrons. The number of hydrogen-bond donors (Lipinski definition) is 1. The number of rotatable bonds is 7. The summed E-state index contributed by atoms with van der Waals surface area (Å²) in [7, 11) is 0. The maximum atomic E-state index is 12.3. The minimum Gasteiger partial charge on any atom is -0.343 e. The number of carbonyl (C=O) groups is 1. The summed E-state index contributed by atoms with van der Waals surface area (Å²) in [5, 5.41) is 0. The Kier molecular flexibility index (Phi) is 8.15. The first-order valence-corrected chi connectivity index (χ1v) is 8.41. The van der Waals surface area contributed by atoms with Crippen LogP contribution in [0.2, 0.25) is 0 Å². The Morgan fingerprint density at radius 2 is 1.95 bits per heavy atom. The van der Waals surface area contributed by atoms with Gasteiger partial charge in [0.25, 0.3) is 0 Å². The summed E-state index contributed by atoms with van der Waals surface area (Å²) in [6, 6.07) is 0.821. The van der Waals surface area contributed by atoms with Crippen molar-refractivity contribution in [1.29, 1.82) is 0 Å². The number of likely N-dealkylation sites (tertiary alicyclic amines) is 1. The van der Waals surface area contributed by atoms with Gasteiger partial charge in [-0.3, -0.25) is 9.69 Å². The smallest absolute Gasteiger partial charge is 0.224 e. The maximum Gasteiger partial charge on any atom is 0.224 e. The molecule has 20 heavy (non-hydrogen) atoms. The van der Waals surface area contributed by atoms with Crippen molar-refractivity contribution >= 4 is 5.91 Å². The molecule has 0 spiro atoms. The van der Waals surface area contributed by atoms with Crippen LogP contribution in [-0.4, -0.2) is 54.0 Å². The van der Waals surface area contributed by atoms with Crippen LogP contribution in [0.3, 0.4) is 0 Å². The molecule has 1 saturated heterocycles. The van der Waals surface area contributed by atoms with Crippen LogP contribution in [0, 0.1) is 0 Å². The number of carbonyl (C=O) groups excluding carboxylic acids is 1. The van der Waals surface area contributed by atoms with E-state index in [1.807, 2.05) is 18.7 Å². The fourth-order valence-corrected chi connectivity index (χ4v) is 3.36. The molecule has 0 aromatic carbocycles. The molecule has 4 nitrogen and oxygen atoms in total. The average molecular weight is 283 g/mol. The van der Waals surface area contributed by atoms with Crippen molar-refractivity contribution in [3.63, 3.8) is 0 Å². The third-order valence-electron chi connectivity index (χ3n) is 4.66. The normalized spacial score (nSPS) is 22.3. The Balaban J connectivity index is 2.69. The van der Waals surface area contributed by atoms with Gasteiger partial charge in [-0.05, 0) is 39.7 Å². The van der Waals surface area contributed by atoms with Crippen LogP contribution in [0.5, 0.6) is 0 Å². The van der Waals surface area contributed by atoms with E-state index in [4.69, 9.17) is 5.73 Å². The molecular formula is C16H33N3O. The Labute approximate surface area is 124 Å². The summed E-state index contributed by atoms with van der Waals surface area (Å²) in [6.45, 7) is 9.62. The summed E-state index contributed by atoms with van der Waals surface area (Å²) >= 11 is 0. The average Bonchev–Trinajstić information content (AvgIpc) is 2.71. The summed E-state index contributed by atoms with van der Waals surface area (Å²) in [6.07, 6.45) is 6.87. The second-order valence-electron chi connectivity index (χ2n) is 5.81. The largest absolute Gasteiger partial charge is 0.343 e. The van der Waals surface area contributed by atoms with Gasteiger partial charge in [-0.15, -0.1) is 0 Å². The molecule has 2 N–H and O–H groups in total. The van der Waals surface area contributed by atoms with Crippen molar-refractivity contribution in [1.82, 2.24) is 9.80 Å². The highest BCUT2D eigenvalue weighted by molar-refractivity contribution is 5.76. The van der Waals surface area contributed by atoms with Crippen molar-refractivity contribution in [2.75, 3.05) is 26.2 Å². The minimum atomic E-state index is 0.214. The second-order valence-corrected chi connectivity index (χ2v) is 5.81. The SMILES string of the molecule is CCC1CCCCCN1C(CN)CC(=O)N(CC)CC. The molecule has 1 rings (SSSR count). The first-order valence-electron chi connectivity index (χ1n) is 8.41. The molecule has 1 aliphatic rings. The molecule has 2 unspecified atom stereocenters. The van der Waals surface area contributed by atoms with Gasteiger partial charge in [0.1, 0.15) is 0 Å². The third-order valence-corrected chi connectivity index (χ3v) is 4.66. The highest BCUT2D eigenvalue weighted by Crippen LogP contribution is 2.22. The molecule has 4 heteroatoms. The lowest BCUT2D eigenvalue weighted by atomic mass is 10.0. The topological polar surface area (TPSA) is 49.6 Å². The molecule has 0 bridgehead atoms. The van der Waals surface area contributed by atoms with Gasteiger partial charge in [-0.2, -0.15) is 0 Å². The van der Waals surface area contributed by atoms with E-state index >= 15 is 0 Å². The summed E-state index contributed by atoms with van der Waals surface area (Å²) < 4.78 is 0. The van der Waals surface area contributed by atoms with Gasteiger partial charge >= 0.3 is 0 Å². The molecule has 0 aliphatic carbocycles. The number of amides is 1. The van der Waals surface area contributed by atoms with Gasteiger partial charge in [-0.1, -0.05) is 19.8 Å². The maximum absolute atomic E-state index is 12.3. The predicted octanol–water partition coefficient (Wildman–Crippen LogP) is 2.23. The van der Waals surface area contributed by atoms with Crippen molar-refractivity contribution in [3.05, 3.63) is 0 Å². The highest BCUT2D eigenvalue weighted by Gasteiger charge is 2.28. The first kappa shape index (κ1) is 17.4. The van der Waals surface area contributed by atoms with E-state index < -0.39 is 0 Å². The van der Waals surface area contributed by atoms with Gasteiger partial charge in [0.2, 0.25) is 5.91 Å². The van der Waals surface area contributed by atoms with Gasteiger partial charge in [0.05, 0.1) is 0 Å². The third kappa shape index (κ3) is 4.74. The van der Waals surface area contributed by atoms with Crippen LogP contribution in [-0.2, 0) is 4.79 Å². The predicted molar refractivity (Wildman–Crippen MR) is 84.6 cm³/mol. The van der Waals surface area contributed by atoms with E-state index in [1.54, 1.807) is 0 Å². The van der Waals surface area contributed by atoms with E-state index in [0.29, 0.717) is 19.0 Å². The minimum absolute atomic E-state index is 0.214. The molecule has 0 aromatic rings. The first-order chi connectivity index (χ1) is 9.67. The summed E-state index contributed by atoms with van der Waals surface area (Å²) in [5.74, 6) is 0.254. The Morgan fingerprint density at radius 1 is 1.25 bits per heavy atom. The van der Waals surface area contributed by atoms with E-state index in [1.165, 1.54) is 25.7 Å². The lowest BCUT2D eigenvalue weighted by Crippen LogP contribution is -2.49. The summed E-state index contributed by atoms with van der Waals surface area (Å²) in [4.78, 5) is 16.8. The number of nitrogens with zero attached hydrogens (tertiary/aromatic N) is 2. The fourth-order valence-electron chi connectivity index (χ4n) is 3.36. The second kappa shape index (κ2) is 9.35. The van der Waals surface area contributed by atoms with Gasteiger partial charge in [-0.25, -0.2) is 0 Å². The fraction of sp³-hybridized carbons (Fsp3) is 0.938. The molecule has 2 atom stereocenters. The zero-order chi connectivity index (χ0) is 15.0. The monoisotopic (exact) mass is 283 g/mol. The van der Waals surface area contributed by atoms with Crippen molar-refractivity contribution in [2.24, 2.45) is 5.73 Å². The lowest BCUT2D eigenvalue weighted by molar-refractivity contribution is -0.132. The Bertz CT molecular complexity index is 279. The zero-order valence-corrected chi connectivity index (χ0v) is 13.6. The van der Waals surface area contributed by atoms with Crippen molar-refractivity contribution in [3.8, 4) is 0 Å². The zero-order valence-electron chi connectivity index (χ0n) is 13.6. The van der Waals surface area contributed by atoms with Crippen LogP contribution in [0.25, 0.3) is 0 Å². The molecule has 1 amide bonds. The molecule has 0 aromatic heterocycles. The Hall–Kier alpha value is -0.610.